The predicted molar refractivity (Wildman–Crippen MR) is 103 cm³/mol. The molecule has 1 atom stereocenters. The minimum atomic E-state index is -0.434. The van der Waals surface area contributed by atoms with Crippen molar-refractivity contribution in [1.82, 2.24) is 10.2 Å². The number of nitrogens with zero attached hydrogens (tertiary/aromatic N) is 1. The molecule has 0 aromatic heterocycles. The van der Waals surface area contributed by atoms with Gasteiger partial charge in [0.15, 0.2) is 0 Å². The molecule has 7 heteroatoms. The van der Waals surface area contributed by atoms with E-state index in [4.69, 9.17) is 19.3 Å². The topological polar surface area (TPSA) is 80.3 Å². The second-order valence-corrected chi connectivity index (χ2v) is 8.49. The van der Waals surface area contributed by atoms with Crippen LogP contribution in [-0.2, 0) is 19.0 Å². The van der Waals surface area contributed by atoms with Gasteiger partial charge in [-0.2, -0.15) is 0 Å². The third-order valence-electron chi connectivity index (χ3n) is 3.95. The van der Waals surface area contributed by atoms with Gasteiger partial charge in [0.05, 0.1) is 52.3 Å². The molecule has 156 valence electrons. The molecule has 0 fully saturated rings. The fourth-order valence-corrected chi connectivity index (χ4v) is 1.88. The van der Waals surface area contributed by atoms with Gasteiger partial charge in [-0.25, -0.2) is 0 Å². The number of amides is 1. The number of carbonyl (C=O) groups is 1. The van der Waals surface area contributed by atoms with Gasteiger partial charge in [0.1, 0.15) is 0 Å². The van der Waals surface area contributed by atoms with E-state index in [9.17, 15) is 4.79 Å². The second-order valence-electron chi connectivity index (χ2n) is 8.49. The van der Waals surface area contributed by atoms with Crippen molar-refractivity contribution in [1.29, 1.82) is 0 Å². The third-order valence-corrected chi connectivity index (χ3v) is 3.95. The molecule has 0 aliphatic rings. The molecule has 1 amide bonds. The van der Waals surface area contributed by atoms with Crippen LogP contribution in [0.1, 0.15) is 41.5 Å². The SMILES string of the molecule is CN(CC(COCCOCCOCCO)NC(=O)C(C)(C)C)C(C)(C)C. The van der Waals surface area contributed by atoms with E-state index >= 15 is 0 Å². The fourth-order valence-electron chi connectivity index (χ4n) is 1.88. The minimum Gasteiger partial charge on any atom is -0.394 e. The van der Waals surface area contributed by atoms with Gasteiger partial charge in [0.2, 0.25) is 5.91 Å². The molecule has 0 spiro atoms. The largest absolute Gasteiger partial charge is 0.394 e. The monoisotopic (exact) mass is 376 g/mol. The molecule has 0 aliphatic carbocycles. The number of carbonyl (C=O) groups excluding carboxylic acids is 1. The van der Waals surface area contributed by atoms with Gasteiger partial charge < -0.3 is 24.6 Å². The molecule has 0 saturated carbocycles. The maximum atomic E-state index is 12.3. The summed E-state index contributed by atoms with van der Waals surface area (Å²) in [5.41, 5.74) is -0.418. The zero-order valence-corrected chi connectivity index (χ0v) is 17.8. The average molecular weight is 377 g/mol. The van der Waals surface area contributed by atoms with Crippen LogP contribution in [0.3, 0.4) is 0 Å². The lowest BCUT2D eigenvalue weighted by atomic mass is 9.95. The maximum absolute atomic E-state index is 12.3. The molecule has 0 rings (SSSR count). The minimum absolute atomic E-state index is 0.0163. The number of ether oxygens (including phenoxy) is 3. The Kier molecular flexibility index (Phi) is 12.3. The molecule has 0 heterocycles. The molecule has 2 N–H and O–H groups in total. The summed E-state index contributed by atoms with van der Waals surface area (Å²) in [6, 6.07) is -0.0844. The highest BCUT2D eigenvalue weighted by atomic mass is 16.5. The van der Waals surface area contributed by atoms with Gasteiger partial charge in [0.25, 0.3) is 0 Å². The van der Waals surface area contributed by atoms with Crippen LogP contribution in [0.2, 0.25) is 0 Å². The van der Waals surface area contributed by atoms with Gasteiger partial charge in [-0.1, -0.05) is 20.8 Å². The third kappa shape index (κ3) is 12.6. The van der Waals surface area contributed by atoms with E-state index in [1.165, 1.54) is 0 Å². The highest BCUT2D eigenvalue weighted by Crippen LogP contribution is 2.15. The van der Waals surface area contributed by atoms with Crippen LogP contribution in [-0.4, -0.2) is 87.3 Å². The van der Waals surface area contributed by atoms with Crippen LogP contribution in [0.15, 0.2) is 0 Å². The zero-order chi connectivity index (χ0) is 20.2. The summed E-state index contributed by atoms with van der Waals surface area (Å²) in [5.74, 6) is 0.0192. The van der Waals surface area contributed by atoms with E-state index in [0.717, 1.165) is 0 Å². The molecular weight excluding hydrogens is 336 g/mol. The Morgan fingerprint density at radius 3 is 1.92 bits per heavy atom. The van der Waals surface area contributed by atoms with Gasteiger partial charge in [-0.15, -0.1) is 0 Å². The van der Waals surface area contributed by atoms with Crippen LogP contribution >= 0.6 is 0 Å². The van der Waals surface area contributed by atoms with E-state index in [0.29, 0.717) is 46.2 Å². The average Bonchev–Trinajstić information content (AvgIpc) is 2.51. The van der Waals surface area contributed by atoms with Crippen LogP contribution < -0.4 is 5.32 Å². The lowest BCUT2D eigenvalue weighted by molar-refractivity contribution is -0.130. The van der Waals surface area contributed by atoms with Crippen molar-refractivity contribution < 1.29 is 24.1 Å². The summed E-state index contributed by atoms with van der Waals surface area (Å²) < 4.78 is 16.2. The summed E-state index contributed by atoms with van der Waals surface area (Å²) in [6.45, 7) is 15.5. The second kappa shape index (κ2) is 12.6. The van der Waals surface area contributed by atoms with Gasteiger partial charge in [-0.05, 0) is 27.8 Å². The number of hydrogen-bond donors (Lipinski definition) is 2. The fraction of sp³-hybridized carbons (Fsp3) is 0.947. The first-order valence-electron chi connectivity index (χ1n) is 9.34. The number of aliphatic hydroxyl groups is 1. The summed E-state index contributed by atoms with van der Waals surface area (Å²) in [4.78, 5) is 14.5. The molecule has 0 radical (unpaired) electrons. The Hall–Kier alpha value is -0.730. The van der Waals surface area contributed by atoms with Gasteiger partial charge >= 0.3 is 0 Å². The quantitative estimate of drug-likeness (QED) is 0.472. The molecule has 0 bridgehead atoms. The Morgan fingerprint density at radius 1 is 0.962 bits per heavy atom. The van der Waals surface area contributed by atoms with Crippen molar-refractivity contribution in [3.63, 3.8) is 0 Å². The van der Waals surface area contributed by atoms with E-state index in [-0.39, 0.29) is 24.1 Å². The van der Waals surface area contributed by atoms with Crippen LogP contribution in [0.5, 0.6) is 0 Å². The number of rotatable bonds is 13. The van der Waals surface area contributed by atoms with E-state index in [2.05, 4.69) is 31.0 Å². The molecule has 7 nitrogen and oxygen atoms in total. The Balaban J connectivity index is 4.26. The van der Waals surface area contributed by atoms with Crippen molar-refractivity contribution >= 4 is 5.91 Å². The molecule has 26 heavy (non-hydrogen) atoms. The van der Waals surface area contributed by atoms with Crippen LogP contribution in [0, 0.1) is 5.41 Å². The van der Waals surface area contributed by atoms with Crippen LogP contribution in [0.25, 0.3) is 0 Å². The summed E-state index contributed by atoms with van der Waals surface area (Å²) in [5, 5.41) is 11.7. The maximum Gasteiger partial charge on any atom is 0.225 e. The van der Waals surface area contributed by atoms with Crippen molar-refractivity contribution in [3.05, 3.63) is 0 Å². The Morgan fingerprint density at radius 2 is 1.46 bits per heavy atom. The lowest BCUT2D eigenvalue weighted by Gasteiger charge is -2.35. The standard InChI is InChI=1S/C19H40N2O5/c1-18(2,3)17(23)20-16(14-21(7)19(4,5)6)15-26-13-12-25-11-10-24-9-8-22/h16,22H,8-15H2,1-7H3,(H,20,23). The van der Waals surface area contributed by atoms with Crippen molar-refractivity contribution in [2.24, 2.45) is 5.41 Å². The summed E-state index contributed by atoms with van der Waals surface area (Å²) in [6.07, 6.45) is 0. The molecule has 0 aliphatic heterocycles. The zero-order valence-electron chi connectivity index (χ0n) is 17.8. The van der Waals surface area contributed by atoms with Gasteiger partial charge in [-0.3, -0.25) is 9.69 Å². The summed E-state index contributed by atoms with van der Waals surface area (Å²) >= 11 is 0. The molecule has 0 aromatic carbocycles. The highest BCUT2D eigenvalue weighted by Gasteiger charge is 2.27. The smallest absolute Gasteiger partial charge is 0.225 e. The first-order chi connectivity index (χ1) is 12.0. The van der Waals surface area contributed by atoms with Gasteiger partial charge in [0, 0.05) is 17.5 Å². The predicted octanol–water partition coefficient (Wildman–Crippen LogP) is 1.29. The lowest BCUT2D eigenvalue weighted by Crippen LogP contribution is -2.52. The van der Waals surface area contributed by atoms with Crippen LogP contribution in [0.4, 0.5) is 0 Å². The number of aliphatic hydroxyl groups excluding tert-OH is 1. The first-order valence-corrected chi connectivity index (χ1v) is 9.34. The number of likely N-dealkylation sites (N-methyl/N-ethyl adjacent to an activating group) is 1. The number of nitrogens with one attached hydrogen (secondary N) is 1. The molecule has 1 unspecified atom stereocenters. The van der Waals surface area contributed by atoms with Crippen molar-refractivity contribution in [2.45, 2.75) is 53.1 Å². The summed E-state index contributed by atoms with van der Waals surface area (Å²) in [7, 11) is 2.05. The first kappa shape index (κ1) is 25.3. The number of hydrogen-bond acceptors (Lipinski definition) is 6. The van der Waals surface area contributed by atoms with Crippen molar-refractivity contribution in [3.8, 4) is 0 Å². The highest BCUT2D eigenvalue weighted by molar-refractivity contribution is 5.81. The normalized spacial score (nSPS) is 13.9. The van der Waals surface area contributed by atoms with Crippen molar-refractivity contribution in [2.75, 3.05) is 59.8 Å². The van der Waals surface area contributed by atoms with E-state index < -0.39 is 5.41 Å². The molecule has 0 aromatic rings. The molecule has 0 saturated heterocycles. The Labute approximate surface area is 159 Å². The molecular formula is C19H40N2O5. The van der Waals surface area contributed by atoms with E-state index in [1.807, 2.05) is 27.8 Å². The van der Waals surface area contributed by atoms with E-state index in [1.54, 1.807) is 0 Å². The Bertz CT molecular complexity index is 377.